The summed E-state index contributed by atoms with van der Waals surface area (Å²) in [7, 11) is 1.75. The lowest BCUT2D eigenvalue weighted by molar-refractivity contribution is 0.142. The predicted molar refractivity (Wildman–Crippen MR) is 116 cm³/mol. The van der Waals surface area contributed by atoms with E-state index in [-0.39, 0.29) is 17.1 Å². The molecule has 3 aliphatic rings. The fourth-order valence-electron chi connectivity index (χ4n) is 5.42. The number of aromatic nitrogens is 2. The van der Waals surface area contributed by atoms with Crippen molar-refractivity contribution in [1.29, 1.82) is 0 Å². The van der Waals surface area contributed by atoms with Crippen LogP contribution in [0, 0.1) is 0 Å². The first-order valence-electron chi connectivity index (χ1n) is 10.6. The highest BCUT2D eigenvalue weighted by molar-refractivity contribution is 7.18. The van der Waals surface area contributed by atoms with Gasteiger partial charge in [-0.25, -0.2) is 4.98 Å². The van der Waals surface area contributed by atoms with Gasteiger partial charge >= 0.3 is 0 Å². The molecular formula is C22H30N4O2S. The van der Waals surface area contributed by atoms with E-state index < -0.39 is 0 Å². The highest BCUT2D eigenvalue weighted by atomic mass is 32.1. The van der Waals surface area contributed by atoms with Gasteiger partial charge in [-0.05, 0) is 38.7 Å². The third-order valence-corrected chi connectivity index (χ3v) is 7.90. The Hall–Kier alpha value is -1.70. The zero-order valence-corrected chi connectivity index (χ0v) is 18.5. The van der Waals surface area contributed by atoms with Crippen LogP contribution in [0.3, 0.4) is 0 Å². The number of nitrogens with zero attached hydrogens (tertiary/aromatic N) is 4. The molecule has 7 heteroatoms. The minimum Gasteiger partial charge on any atom is -0.383 e. The number of hydrogen-bond acceptors (Lipinski definition) is 6. The number of allylic oxidation sites excluding steroid dienone is 1. The Labute approximate surface area is 175 Å². The molecule has 2 aromatic rings. The molecular weight excluding hydrogens is 384 g/mol. The molecule has 2 aromatic heterocycles. The molecule has 6 nitrogen and oxygen atoms in total. The van der Waals surface area contributed by atoms with Gasteiger partial charge < -0.3 is 9.64 Å². The van der Waals surface area contributed by atoms with Gasteiger partial charge in [0, 0.05) is 55.8 Å². The average molecular weight is 415 g/mol. The van der Waals surface area contributed by atoms with E-state index in [1.165, 1.54) is 10.4 Å². The molecule has 1 saturated heterocycles. The Morgan fingerprint density at radius 2 is 2.17 bits per heavy atom. The van der Waals surface area contributed by atoms with Gasteiger partial charge in [-0.15, -0.1) is 11.3 Å². The largest absolute Gasteiger partial charge is 0.383 e. The standard InChI is InChI=1S/C22H30N4O2S/c1-14-12-22(2,3)26-19(16-6-5-8-25(14)16)23-20-18(21(26)27)15-7-9-24(10-11-28-4)13-17(15)29-20/h16H,1,5-13H2,2-4H3. The second kappa shape index (κ2) is 6.93. The van der Waals surface area contributed by atoms with Gasteiger partial charge in [0.15, 0.2) is 0 Å². The van der Waals surface area contributed by atoms with Gasteiger partial charge in [0.05, 0.1) is 18.0 Å². The lowest BCUT2D eigenvalue weighted by Crippen LogP contribution is -2.39. The van der Waals surface area contributed by atoms with Crippen LogP contribution in [0.4, 0.5) is 0 Å². The molecule has 0 saturated carbocycles. The molecule has 5 heterocycles. The zero-order chi connectivity index (χ0) is 20.3. The molecule has 156 valence electrons. The van der Waals surface area contributed by atoms with Crippen LogP contribution < -0.4 is 5.56 Å². The number of ether oxygens (including phenoxy) is 1. The molecule has 0 bridgehead atoms. The Bertz CT molecular complexity index is 1040. The van der Waals surface area contributed by atoms with Crippen LogP contribution in [0.25, 0.3) is 10.2 Å². The van der Waals surface area contributed by atoms with Gasteiger partial charge in [-0.2, -0.15) is 0 Å². The fraction of sp³-hybridized carbons (Fsp3) is 0.636. The third kappa shape index (κ3) is 2.97. The molecule has 1 atom stereocenters. The summed E-state index contributed by atoms with van der Waals surface area (Å²) in [4.78, 5) is 26.1. The zero-order valence-electron chi connectivity index (χ0n) is 17.7. The maximum atomic E-state index is 13.9. The van der Waals surface area contributed by atoms with E-state index in [4.69, 9.17) is 9.72 Å². The number of rotatable bonds is 3. The molecule has 29 heavy (non-hydrogen) atoms. The normalized spacial score (nSPS) is 23.8. The summed E-state index contributed by atoms with van der Waals surface area (Å²) in [6, 6.07) is 0.179. The second-order valence-corrected chi connectivity index (χ2v) is 10.3. The molecule has 1 unspecified atom stereocenters. The van der Waals surface area contributed by atoms with Gasteiger partial charge in [-0.3, -0.25) is 14.3 Å². The summed E-state index contributed by atoms with van der Waals surface area (Å²) in [5.74, 6) is 0.943. The maximum absolute atomic E-state index is 13.9. The maximum Gasteiger partial charge on any atom is 0.263 e. The monoisotopic (exact) mass is 414 g/mol. The number of thiophene rings is 1. The van der Waals surface area contributed by atoms with Crippen molar-refractivity contribution >= 4 is 21.6 Å². The van der Waals surface area contributed by atoms with Crippen LogP contribution in [0.1, 0.15) is 55.4 Å². The molecule has 1 fully saturated rings. The molecule has 0 aliphatic carbocycles. The first-order valence-corrected chi connectivity index (χ1v) is 11.5. The SMILES string of the molecule is C=C1CC(C)(C)n2c(nc3sc4c(c3c2=O)CCN(CCOC)C4)C2CCCN12. The second-order valence-electron chi connectivity index (χ2n) is 9.22. The van der Waals surface area contributed by atoms with E-state index >= 15 is 0 Å². The smallest absolute Gasteiger partial charge is 0.263 e. The number of hydrogen-bond donors (Lipinski definition) is 0. The van der Waals surface area contributed by atoms with Gasteiger partial charge in [0.1, 0.15) is 10.7 Å². The van der Waals surface area contributed by atoms with Crippen molar-refractivity contribution in [2.45, 2.75) is 57.7 Å². The molecule has 0 N–H and O–H groups in total. The van der Waals surface area contributed by atoms with Crippen LogP contribution in [0.2, 0.25) is 0 Å². The van der Waals surface area contributed by atoms with Crippen molar-refractivity contribution in [3.05, 3.63) is 38.9 Å². The summed E-state index contributed by atoms with van der Waals surface area (Å²) in [5.41, 5.74) is 2.21. The van der Waals surface area contributed by atoms with E-state index in [1.54, 1.807) is 18.4 Å². The van der Waals surface area contributed by atoms with Crippen LogP contribution in [0.5, 0.6) is 0 Å². The van der Waals surface area contributed by atoms with Crippen LogP contribution in [-0.4, -0.2) is 52.7 Å². The molecule has 0 amide bonds. The Morgan fingerprint density at radius 3 is 2.97 bits per heavy atom. The summed E-state index contributed by atoms with van der Waals surface area (Å²) in [6.07, 6.45) is 3.88. The van der Waals surface area contributed by atoms with E-state index in [1.807, 2.05) is 4.57 Å². The minimum absolute atomic E-state index is 0.152. The summed E-state index contributed by atoms with van der Waals surface area (Å²) in [6.45, 7) is 13.2. The average Bonchev–Trinajstić information content (AvgIpc) is 3.27. The van der Waals surface area contributed by atoms with Gasteiger partial charge in [0.2, 0.25) is 0 Å². The van der Waals surface area contributed by atoms with Crippen LogP contribution in [0.15, 0.2) is 17.1 Å². The molecule has 0 radical (unpaired) electrons. The fourth-order valence-corrected chi connectivity index (χ4v) is 6.68. The Morgan fingerprint density at radius 1 is 1.34 bits per heavy atom. The summed E-state index contributed by atoms with van der Waals surface area (Å²) < 4.78 is 7.26. The van der Waals surface area contributed by atoms with Crippen molar-refractivity contribution in [1.82, 2.24) is 19.4 Å². The molecule has 3 aliphatic heterocycles. The lowest BCUT2D eigenvalue weighted by Gasteiger charge is -2.28. The predicted octanol–water partition coefficient (Wildman–Crippen LogP) is 3.25. The van der Waals surface area contributed by atoms with Crippen LogP contribution >= 0.6 is 11.3 Å². The van der Waals surface area contributed by atoms with Crippen molar-refractivity contribution in [2.24, 2.45) is 0 Å². The summed E-state index contributed by atoms with van der Waals surface area (Å²) in [5, 5.41) is 0.866. The van der Waals surface area contributed by atoms with E-state index in [0.717, 1.165) is 80.2 Å². The lowest BCUT2D eigenvalue weighted by atomic mass is 9.97. The highest BCUT2D eigenvalue weighted by Crippen LogP contribution is 2.43. The van der Waals surface area contributed by atoms with Crippen LogP contribution in [-0.2, 0) is 23.2 Å². The van der Waals surface area contributed by atoms with E-state index in [2.05, 4.69) is 30.2 Å². The van der Waals surface area contributed by atoms with Gasteiger partial charge in [0.25, 0.3) is 5.56 Å². The molecule has 5 rings (SSSR count). The Balaban J connectivity index is 1.67. The van der Waals surface area contributed by atoms with E-state index in [0.29, 0.717) is 0 Å². The molecule has 0 spiro atoms. The number of methoxy groups -OCH3 is 1. The minimum atomic E-state index is -0.316. The third-order valence-electron chi connectivity index (χ3n) is 6.79. The van der Waals surface area contributed by atoms with Crippen molar-refractivity contribution < 1.29 is 4.74 Å². The quantitative estimate of drug-likeness (QED) is 0.772. The number of fused-ring (bicyclic) bond motifs is 6. The van der Waals surface area contributed by atoms with Gasteiger partial charge in [-0.1, -0.05) is 6.58 Å². The molecule has 0 aromatic carbocycles. The summed E-state index contributed by atoms with van der Waals surface area (Å²) >= 11 is 1.72. The Kier molecular flexibility index (Phi) is 4.60. The van der Waals surface area contributed by atoms with Crippen molar-refractivity contribution in [3.8, 4) is 0 Å². The first-order chi connectivity index (χ1) is 13.9. The highest BCUT2D eigenvalue weighted by Gasteiger charge is 2.40. The first kappa shape index (κ1) is 19.3. The van der Waals surface area contributed by atoms with Crippen molar-refractivity contribution in [3.63, 3.8) is 0 Å². The van der Waals surface area contributed by atoms with E-state index in [9.17, 15) is 4.79 Å². The topological polar surface area (TPSA) is 50.6 Å². The van der Waals surface area contributed by atoms with Crippen molar-refractivity contribution in [2.75, 3.05) is 33.4 Å².